The van der Waals surface area contributed by atoms with E-state index in [0.717, 1.165) is 6.55 Å². The predicted octanol–water partition coefficient (Wildman–Crippen LogP) is -0.226. The number of hydrogen-bond acceptors (Lipinski definition) is 3. The zero-order chi connectivity index (χ0) is 9.00. The van der Waals surface area contributed by atoms with Gasteiger partial charge in [-0.2, -0.15) is 0 Å². The summed E-state index contributed by atoms with van der Waals surface area (Å²) in [6, 6.07) is 0. The Labute approximate surface area is 71.7 Å². The van der Waals surface area contributed by atoms with Crippen LogP contribution in [0.5, 0.6) is 0 Å². The number of rotatable bonds is 0. The molecule has 5 N–H and O–H groups in total. The summed E-state index contributed by atoms with van der Waals surface area (Å²) in [5.41, 5.74) is 0. The van der Waals surface area contributed by atoms with Crippen molar-refractivity contribution in [3.63, 3.8) is 0 Å². The SMILES string of the molecule is C[Si](C)(C)C.C[Si](O)(O)O.O.[H+]. The summed E-state index contributed by atoms with van der Waals surface area (Å²) in [6.45, 7) is 10.3. The van der Waals surface area contributed by atoms with Crippen molar-refractivity contribution < 1.29 is 21.3 Å². The third kappa shape index (κ3) is 9380. The van der Waals surface area contributed by atoms with Gasteiger partial charge in [0.1, 0.15) is 0 Å². The molecule has 0 aromatic rings. The van der Waals surface area contributed by atoms with Crippen molar-refractivity contribution in [1.29, 1.82) is 0 Å². The summed E-state index contributed by atoms with van der Waals surface area (Å²) >= 11 is 0. The van der Waals surface area contributed by atoms with Crippen molar-refractivity contribution in [2.24, 2.45) is 0 Å². The van der Waals surface area contributed by atoms with Crippen LogP contribution >= 0.6 is 0 Å². The van der Waals surface area contributed by atoms with Gasteiger partial charge in [-0.15, -0.1) is 0 Å². The Morgan fingerprint density at radius 3 is 0.818 bits per heavy atom. The fraction of sp³-hybridized carbons (Fsp3) is 1.00. The Bertz CT molecular complexity index is 64.4. The maximum absolute atomic E-state index is 7.77. The van der Waals surface area contributed by atoms with Crippen molar-refractivity contribution in [2.75, 3.05) is 0 Å². The van der Waals surface area contributed by atoms with Crippen LogP contribution in [0.2, 0.25) is 32.7 Å². The lowest BCUT2D eigenvalue weighted by Gasteiger charge is -2.01. The fourth-order valence-electron chi connectivity index (χ4n) is 0. The van der Waals surface area contributed by atoms with E-state index in [1.807, 2.05) is 0 Å². The monoisotopic (exact) mass is 201 g/mol. The molecule has 0 fully saturated rings. The van der Waals surface area contributed by atoms with Gasteiger partial charge in [0.05, 0.1) is 0 Å². The second-order valence-corrected chi connectivity index (χ2v) is 11.9. The Kier molecular flexibility index (Phi) is 9.27. The minimum atomic E-state index is -3.61. The molecule has 0 radical (unpaired) electrons. The van der Waals surface area contributed by atoms with Gasteiger partial charge >= 0.3 is 10.2 Å². The van der Waals surface area contributed by atoms with Crippen LogP contribution in [0.3, 0.4) is 0 Å². The maximum Gasteiger partial charge on any atom is 1.00 e. The van der Waals surface area contributed by atoms with Crippen LogP contribution < -0.4 is 0 Å². The molecule has 0 aromatic carbocycles. The molecule has 0 aliphatic rings. The van der Waals surface area contributed by atoms with E-state index >= 15 is 0 Å². The zero-order valence-electron chi connectivity index (χ0n) is 8.84. The predicted molar refractivity (Wildman–Crippen MR) is 52.2 cm³/mol. The fourth-order valence-corrected chi connectivity index (χ4v) is 0. The Balaban J connectivity index is -0.0000000457. The van der Waals surface area contributed by atoms with Crippen molar-refractivity contribution >= 4 is 16.9 Å². The molecule has 0 atom stereocenters. The Hall–Kier alpha value is 0.274. The molecule has 11 heavy (non-hydrogen) atoms. The van der Waals surface area contributed by atoms with Crippen LogP contribution in [0.15, 0.2) is 0 Å². The highest BCUT2D eigenvalue weighted by Gasteiger charge is 2.14. The summed E-state index contributed by atoms with van der Waals surface area (Å²) in [5, 5.41) is 0. The Morgan fingerprint density at radius 2 is 0.818 bits per heavy atom. The zero-order valence-corrected chi connectivity index (χ0v) is 9.84. The smallest absolute Gasteiger partial charge is 0.412 e. The van der Waals surface area contributed by atoms with Crippen molar-refractivity contribution in [3.05, 3.63) is 0 Å². The van der Waals surface area contributed by atoms with E-state index in [9.17, 15) is 0 Å². The molecule has 72 valence electrons. The van der Waals surface area contributed by atoms with E-state index < -0.39 is 16.9 Å². The van der Waals surface area contributed by atoms with Gasteiger partial charge < -0.3 is 19.9 Å². The minimum Gasteiger partial charge on any atom is -0.412 e. The highest BCUT2D eigenvalue weighted by molar-refractivity contribution is 6.74. The van der Waals surface area contributed by atoms with E-state index in [0.29, 0.717) is 0 Å². The van der Waals surface area contributed by atoms with E-state index in [4.69, 9.17) is 14.4 Å². The molecule has 0 aliphatic heterocycles. The van der Waals surface area contributed by atoms with Gasteiger partial charge in [0.25, 0.3) is 0 Å². The average molecular weight is 201 g/mol. The van der Waals surface area contributed by atoms with E-state index in [1.54, 1.807) is 0 Å². The van der Waals surface area contributed by atoms with Gasteiger partial charge in [-0.1, -0.05) is 26.2 Å². The molecule has 4 nitrogen and oxygen atoms in total. The van der Waals surface area contributed by atoms with E-state index in [-0.39, 0.29) is 6.90 Å². The second kappa shape index (κ2) is 5.87. The molecule has 0 saturated heterocycles. The van der Waals surface area contributed by atoms with E-state index in [2.05, 4.69) is 26.2 Å². The van der Waals surface area contributed by atoms with Gasteiger partial charge in [0.15, 0.2) is 0 Å². The lowest BCUT2D eigenvalue weighted by molar-refractivity contribution is 0.239. The maximum atomic E-state index is 7.77. The van der Waals surface area contributed by atoms with Crippen molar-refractivity contribution in [3.8, 4) is 0 Å². The molecule has 0 bridgehead atoms. The van der Waals surface area contributed by atoms with Crippen LogP contribution in [0.1, 0.15) is 1.43 Å². The van der Waals surface area contributed by atoms with Gasteiger partial charge in [-0.3, -0.25) is 0 Å². The van der Waals surface area contributed by atoms with Crippen LogP contribution in [0, 0.1) is 0 Å². The lowest BCUT2D eigenvalue weighted by Crippen LogP contribution is -2.28. The first kappa shape index (κ1) is 17.4. The molecule has 0 rings (SSSR count). The summed E-state index contributed by atoms with van der Waals surface area (Å²) in [6.07, 6.45) is 0. The lowest BCUT2D eigenvalue weighted by atomic mass is 11.8. The highest BCUT2D eigenvalue weighted by Crippen LogP contribution is 1.94. The molecular weight excluding hydrogens is 180 g/mol. The largest absolute Gasteiger partial charge is 1.00 e. The van der Waals surface area contributed by atoms with Gasteiger partial charge in [0.2, 0.25) is 0 Å². The molecule has 0 heterocycles. The van der Waals surface area contributed by atoms with Crippen molar-refractivity contribution in [1.82, 2.24) is 0 Å². The first-order valence-electron chi connectivity index (χ1n) is 3.17. The summed E-state index contributed by atoms with van der Waals surface area (Å²) < 4.78 is 0. The molecule has 0 aliphatic carbocycles. The standard InChI is InChI=1S/C4H12Si.CH6O3Si.H2O/c2*1-5(2,3)4;/h1-4H3;2-4H,1H3;1H2/p+1. The van der Waals surface area contributed by atoms with E-state index in [1.165, 1.54) is 0 Å². The van der Waals surface area contributed by atoms with Crippen molar-refractivity contribution in [2.45, 2.75) is 32.7 Å². The van der Waals surface area contributed by atoms with Crippen LogP contribution in [0.4, 0.5) is 0 Å². The minimum absolute atomic E-state index is 0. The normalized spacial score (nSPS) is 10.9. The summed E-state index contributed by atoms with van der Waals surface area (Å²) in [7, 11) is -4.22. The Morgan fingerprint density at radius 1 is 0.818 bits per heavy atom. The topological polar surface area (TPSA) is 92.2 Å². The third-order valence-corrected chi connectivity index (χ3v) is 0. The van der Waals surface area contributed by atoms with Gasteiger partial charge in [-0.25, -0.2) is 0 Å². The van der Waals surface area contributed by atoms with Crippen LogP contribution in [-0.4, -0.2) is 36.7 Å². The highest BCUT2D eigenvalue weighted by atomic mass is 28.4. The first-order valence-corrected chi connectivity index (χ1v) is 9.51. The molecule has 0 amide bonds. The third-order valence-electron chi connectivity index (χ3n) is 0. The quantitative estimate of drug-likeness (QED) is 0.473. The summed E-state index contributed by atoms with van der Waals surface area (Å²) in [5.74, 6) is 0. The molecule has 6 heteroatoms. The van der Waals surface area contributed by atoms with Crippen LogP contribution in [0.25, 0.3) is 0 Å². The second-order valence-electron chi connectivity index (χ2n) is 3.97. The molecule has 0 saturated carbocycles. The van der Waals surface area contributed by atoms with Crippen LogP contribution in [-0.2, 0) is 0 Å². The van der Waals surface area contributed by atoms with Gasteiger partial charge in [-0.05, 0) is 0 Å². The number of hydrogen-bond donors (Lipinski definition) is 3. The molecule has 0 unspecified atom stereocenters. The first-order chi connectivity index (χ1) is 4.00. The molecular formula is C5H21O4Si2+. The average Bonchev–Trinajstić information content (AvgIpc) is 1.12. The molecule has 0 spiro atoms. The van der Waals surface area contributed by atoms with Gasteiger partial charge in [0, 0.05) is 14.6 Å². The molecule has 0 aromatic heterocycles. The summed E-state index contributed by atoms with van der Waals surface area (Å²) in [4.78, 5) is 23.3.